The summed E-state index contributed by atoms with van der Waals surface area (Å²) in [4.78, 5) is 25.7. The summed E-state index contributed by atoms with van der Waals surface area (Å²) in [7, 11) is 0. The molecule has 1 amide bonds. The molecule has 0 spiro atoms. The summed E-state index contributed by atoms with van der Waals surface area (Å²) in [5.74, 6) is 0.505. The molecule has 6 heteroatoms. The number of thiophene rings is 1. The molecule has 0 radical (unpaired) electrons. The van der Waals surface area contributed by atoms with Crippen LogP contribution in [0.1, 0.15) is 40.9 Å². The van der Waals surface area contributed by atoms with Crippen LogP contribution in [0.2, 0.25) is 5.02 Å². The van der Waals surface area contributed by atoms with Gasteiger partial charge in [0.25, 0.3) is 0 Å². The van der Waals surface area contributed by atoms with Crippen LogP contribution in [0.4, 0.5) is 0 Å². The van der Waals surface area contributed by atoms with E-state index in [4.69, 9.17) is 16.3 Å². The number of ether oxygens (including phenoxy) is 1. The van der Waals surface area contributed by atoms with Crippen LogP contribution in [-0.4, -0.2) is 18.3 Å². The number of amides is 1. The van der Waals surface area contributed by atoms with Crippen molar-refractivity contribution in [2.45, 2.75) is 34.2 Å². The highest BCUT2D eigenvalue weighted by molar-refractivity contribution is 7.14. The van der Waals surface area contributed by atoms with E-state index in [1.165, 1.54) is 11.3 Å². The summed E-state index contributed by atoms with van der Waals surface area (Å²) >= 11 is 7.34. The summed E-state index contributed by atoms with van der Waals surface area (Å²) in [6.45, 7) is 7.86. The highest BCUT2D eigenvalue weighted by atomic mass is 35.5. The zero-order valence-electron chi connectivity index (χ0n) is 14.8. The lowest BCUT2D eigenvalue weighted by Gasteiger charge is -2.17. The molecule has 25 heavy (non-hydrogen) atoms. The molecule has 0 unspecified atom stereocenters. The van der Waals surface area contributed by atoms with Crippen molar-refractivity contribution >= 4 is 34.6 Å². The van der Waals surface area contributed by atoms with Crippen molar-refractivity contribution in [2.75, 3.05) is 6.61 Å². The van der Waals surface area contributed by atoms with E-state index in [0.29, 0.717) is 22.2 Å². The van der Waals surface area contributed by atoms with Crippen LogP contribution in [0.15, 0.2) is 30.3 Å². The maximum Gasteiger partial charge on any atom is 0.225 e. The Morgan fingerprint density at radius 2 is 1.92 bits per heavy atom. The lowest BCUT2D eigenvalue weighted by atomic mass is 9.96. The van der Waals surface area contributed by atoms with E-state index in [9.17, 15) is 9.59 Å². The molecule has 1 aromatic carbocycles. The number of Topliss-reactive ketones (excluding diaryl/α,β-unsaturated/α-hetero) is 1. The summed E-state index contributed by atoms with van der Waals surface area (Å²) in [6, 6.07) is 8.91. The van der Waals surface area contributed by atoms with Gasteiger partial charge in [-0.3, -0.25) is 9.59 Å². The number of benzene rings is 1. The third-order valence-corrected chi connectivity index (χ3v) is 5.09. The summed E-state index contributed by atoms with van der Waals surface area (Å²) in [5, 5.41) is 3.54. The topological polar surface area (TPSA) is 55.4 Å². The summed E-state index contributed by atoms with van der Waals surface area (Å²) < 4.78 is 5.54. The van der Waals surface area contributed by atoms with Gasteiger partial charge in [0.15, 0.2) is 6.61 Å². The van der Waals surface area contributed by atoms with Crippen LogP contribution in [0.25, 0.3) is 0 Å². The quantitative estimate of drug-likeness (QED) is 0.744. The maximum atomic E-state index is 12.3. The molecule has 0 saturated carbocycles. The first-order valence-corrected chi connectivity index (χ1v) is 9.15. The molecular weight excluding hydrogens is 358 g/mol. The molecule has 0 aliphatic carbocycles. The van der Waals surface area contributed by atoms with Gasteiger partial charge in [0.2, 0.25) is 11.7 Å². The van der Waals surface area contributed by atoms with Crippen LogP contribution >= 0.6 is 22.9 Å². The number of aryl methyl sites for hydroxylation is 1. The molecular formula is C19H22ClNO3S. The Morgan fingerprint density at radius 3 is 2.56 bits per heavy atom. The fraction of sp³-hybridized carbons (Fsp3) is 0.368. The highest BCUT2D eigenvalue weighted by Gasteiger charge is 2.21. The standard InChI is InChI=1S/C19H22ClNO3S/c1-12-9-13(5-7-15(12)20)24-11-16(22)17-8-6-14(25-17)10-21-18(23)19(2,3)4/h5-9H,10-11H2,1-4H3,(H,21,23). The largest absolute Gasteiger partial charge is 0.485 e. The minimum absolute atomic E-state index is 0.0183. The first-order chi connectivity index (χ1) is 11.7. The summed E-state index contributed by atoms with van der Waals surface area (Å²) in [6.07, 6.45) is 0. The van der Waals surface area contributed by atoms with Crippen LogP contribution in [0, 0.1) is 12.3 Å². The van der Waals surface area contributed by atoms with Crippen LogP contribution in [0.5, 0.6) is 5.75 Å². The fourth-order valence-electron chi connectivity index (χ4n) is 1.98. The molecule has 1 aromatic heterocycles. The second-order valence-electron chi connectivity index (χ2n) is 6.82. The molecule has 0 saturated heterocycles. The molecule has 0 bridgehead atoms. The first-order valence-electron chi connectivity index (χ1n) is 7.96. The number of nitrogens with one attached hydrogen (secondary N) is 1. The molecule has 2 rings (SSSR count). The van der Waals surface area contributed by atoms with E-state index in [2.05, 4.69) is 5.32 Å². The molecule has 134 valence electrons. The van der Waals surface area contributed by atoms with Crippen LogP contribution in [-0.2, 0) is 11.3 Å². The SMILES string of the molecule is Cc1cc(OCC(=O)c2ccc(CNC(=O)C(C)(C)C)s2)ccc1Cl. The van der Waals surface area contributed by atoms with E-state index < -0.39 is 5.41 Å². The Kier molecular flexibility index (Phi) is 6.25. The highest BCUT2D eigenvalue weighted by Crippen LogP contribution is 2.22. The number of rotatable bonds is 6. The normalized spacial score (nSPS) is 11.2. The van der Waals surface area contributed by atoms with Crippen molar-refractivity contribution in [1.82, 2.24) is 5.32 Å². The lowest BCUT2D eigenvalue weighted by Crippen LogP contribution is -2.34. The van der Waals surface area contributed by atoms with Crippen LogP contribution in [0.3, 0.4) is 0 Å². The number of hydrogen-bond donors (Lipinski definition) is 1. The van der Waals surface area contributed by atoms with Crippen molar-refractivity contribution in [2.24, 2.45) is 5.41 Å². The number of carbonyl (C=O) groups excluding carboxylic acids is 2. The molecule has 1 N–H and O–H groups in total. The Bertz CT molecular complexity index is 777. The van der Waals surface area contributed by atoms with E-state index in [-0.39, 0.29) is 18.3 Å². The van der Waals surface area contributed by atoms with Gasteiger partial charge in [-0.15, -0.1) is 11.3 Å². The maximum absolute atomic E-state index is 12.3. The van der Waals surface area contributed by atoms with E-state index in [1.54, 1.807) is 24.3 Å². The van der Waals surface area contributed by atoms with E-state index in [0.717, 1.165) is 10.4 Å². The molecule has 0 aliphatic rings. The first kappa shape index (κ1) is 19.5. The predicted molar refractivity (Wildman–Crippen MR) is 102 cm³/mol. The summed E-state index contributed by atoms with van der Waals surface area (Å²) in [5.41, 5.74) is 0.472. The van der Waals surface area contributed by atoms with Crippen molar-refractivity contribution in [3.05, 3.63) is 50.7 Å². The third kappa shape index (κ3) is 5.58. The monoisotopic (exact) mass is 379 g/mol. The van der Waals surface area contributed by atoms with Gasteiger partial charge < -0.3 is 10.1 Å². The zero-order valence-corrected chi connectivity index (χ0v) is 16.4. The average Bonchev–Trinajstić information content (AvgIpc) is 3.01. The fourth-order valence-corrected chi connectivity index (χ4v) is 2.97. The van der Waals surface area contributed by atoms with Gasteiger partial charge >= 0.3 is 0 Å². The van der Waals surface area contributed by atoms with Gasteiger partial charge in [-0.2, -0.15) is 0 Å². The molecule has 0 atom stereocenters. The molecule has 0 aliphatic heterocycles. The van der Waals surface area contributed by atoms with Gasteiger partial charge in [0.1, 0.15) is 5.75 Å². The Balaban J connectivity index is 1.89. The zero-order chi connectivity index (χ0) is 18.6. The van der Waals surface area contributed by atoms with Gasteiger partial charge in [-0.05, 0) is 42.8 Å². The van der Waals surface area contributed by atoms with E-state index >= 15 is 0 Å². The van der Waals surface area contributed by atoms with Gasteiger partial charge in [0.05, 0.1) is 11.4 Å². The van der Waals surface area contributed by atoms with Crippen LogP contribution < -0.4 is 10.1 Å². The van der Waals surface area contributed by atoms with Crippen molar-refractivity contribution in [3.8, 4) is 5.75 Å². The third-order valence-electron chi connectivity index (χ3n) is 3.54. The molecule has 1 heterocycles. The Labute approximate surface area is 157 Å². The number of carbonyl (C=O) groups is 2. The van der Waals surface area contributed by atoms with Gasteiger partial charge in [0, 0.05) is 15.3 Å². The number of ketones is 1. The Hall–Kier alpha value is -1.85. The predicted octanol–water partition coefficient (Wildman–Crippen LogP) is 4.63. The molecule has 2 aromatic rings. The van der Waals surface area contributed by atoms with E-state index in [1.807, 2.05) is 33.8 Å². The second kappa shape index (κ2) is 8.02. The van der Waals surface area contributed by atoms with Crippen molar-refractivity contribution in [3.63, 3.8) is 0 Å². The molecule has 4 nitrogen and oxygen atoms in total. The van der Waals surface area contributed by atoms with Gasteiger partial charge in [-0.25, -0.2) is 0 Å². The minimum Gasteiger partial charge on any atom is -0.485 e. The minimum atomic E-state index is -0.430. The van der Waals surface area contributed by atoms with Crippen molar-refractivity contribution in [1.29, 1.82) is 0 Å². The molecule has 0 fully saturated rings. The number of halogens is 1. The average molecular weight is 380 g/mol. The smallest absolute Gasteiger partial charge is 0.225 e. The lowest BCUT2D eigenvalue weighted by molar-refractivity contribution is -0.128. The number of hydrogen-bond acceptors (Lipinski definition) is 4. The Morgan fingerprint density at radius 1 is 1.20 bits per heavy atom. The second-order valence-corrected chi connectivity index (χ2v) is 8.40. The van der Waals surface area contributed by atoms with Crippen molar-refractivity contribution < 1.29 is 14.3 Å². The van der Waals surface area contributed by atoms with Gasteiger partial charge in [-0.1, -0.05) is 32.4 Å².